The molecule has 1 aromatic carbocycles. The number of hydrogen-bond acceptors (Lipinski definition) is 2. The summed E-state index contributed by atoms with van der Waals surface area (Å²) < 4.78 is 0. The van der Waals surface area contributed by atoms with Gasteiger partial charge in [0.05, 0.1) is 5.52 Å². The summed E-state index contributed by atoms with van der Waals surface area (Å²) in [4.78, 5) is 7.17. The summed E-state index contributed by atoms with van der Waals surface area (Å²) in [6.07, 6.45) is 3.46. The first-order valence-corrected chi connectivity index (χ1v) is 4.86. The number of imidazole rings is 1. The van der Waals surface area contributed by atoms with E-state index in [0.717, 1.165) is 22.4 Å². The topological polar surface area (TPSA) is 57.4 Å². The van der Waals surface area contributed by atoms with Gasteiger partial charge in [-0.15, -0.1) is 0 Å². The van der Waals surface area contributed by atoms with Crippen LogP contribution in [0.2, 0.25) is 5.02 Å². The van der Waals surface area contributed by atoms with E-state index in [0.29, 0.717) is 5.02 Å². The molecule has 2 N–H and O–H groups in total. The predicted molar refractivity (Wildman–Crippen MR) is 58.7 cm³/mol. The molecule has 0 saturated heterocycles. The van der Waals surface area contributed by atoms with Crippen LogP contribution in [0.25, 0.3) is 22.4 Å². The lowest BCUT2D eigenvalue weighted by atomic mass is 10.2. The monoisotopic (exact) mass is 218 g/mol. The van der Waals surface area contributed by atoms with Gasteiger partial charge in [0.2, 0.25) is 0 Å². The van der Waals surface area contributed by atoms with Gasteiger partial charge in [0, 0.05) is 22.8 Å². The zero-order valence-corrected chi connectivity index (χ0v) is 8.42. The lowest BCUT2D eigenvalue weighted by Gasteiger charge is -1.93. The van der Waals surface area contributed by atoms with Crippen LogP contribution < -0.4 is 0 Å². The molecule has 0 saturated carbocycles. The summed E-state index contributed by atoms with van der Waals surface area (Å²) in [7, 11) is 0. The predicted octanol–water partition coefficient (Wildman–Crippen LogP) is 2.61. The lowest BCUT2D eigenvalue weighted by Crippen LogP contribution is -1.80. The first kappa shape index (κ1) is 8.49. The molecule has 0 fully saturated rings. The van der Waals surface area contributed by atoms with Crippen molar-refractivity contribution in [3.63, 3.8) is 0 Å². The molecule has 0 unspecified atom stereocenters. The average molecular weight is 219 g/mol. The number of aromatic nitrogens is 4. The van der Waals surface area contributed by atoms with E-state index in [4.69, 9.17) is 11.6 Å². The van der Waals surface area contributed by atoms with Crippen molar-refractivity contribution >= 4 is 22.5 Å². The van der Waals surface area contributed by atoms with E-state index in [1.54, 1.807) is 12.4 Å². The highest BCUT2D eigenvalue weighted by atomic mass is 35.5. The molecule has 2 heterocycles. The van der Waals surface area contributed by atoms with Crippen molar-refractivity contribution < 1.29 is 0 Å². The molecule has 3 aromatic rings. The van der Waals surface area contributed by atoms with E-state index < -0.39 is 0 Å². The molecular weight excluding hydrogens is 212 g/mol. The highest BCUT2D eigenvalue weighted by Crippen LogP contribution is 2.25. The minimum absolute atomic E-state index is 0.691. The molecule has 4 nitrogen and oxygen atoms in total. The fourth-order valence-corrected chi connectivity index (χ4v) is 1.73. The van der Waals surface area contributed by atoms with Gasteiger partial charge in [-0.3, -0.25) is 5.10 Å². The van der Waals surface area contributed by atoms with Gasteiger partial charge < -0.3 is 4.98 Å². The van der Waals surface area contributed by atoms with Crippen molar-refractivity contribution in [2.24, 2.45) is 0 Å². The summed E-state index contributed by atoms with van der Waals surface area (Å²) in [5, 5.41) is 8.80. The fourth-order valence-electron chi connectivity index (χ4n) is 1.56. The number of nitrogens with one attached hydrogen (secondary N) is 2. The highest BCUT2D eigenvalue weighted by Gasteiger charge is 2.09. The zero-order valence-electron chi connectivity index (χ0n) is 7.66. The van der Waals surface area contributed by atoms with Gasteiger partial charge in [-0.2, -0.15) is 5.10 Å². The molecule has 15 heavy (non-hydrogen) atoms. The second-order valence-electron chi connectivity index (χ2n) is 3.20. The molecule has 74 valence electrons. The molecule has 2 aromatic heterocycles. The number of hydrogen-bond donors (Lipinski definition) is 2. The second kappa shape index (κ2) is 3.10. The summed E-state index contributed by atoms with van der Waals surface area (Å²) >= 11 is 5.94. The number of nitrogens with zero attached hydrogens (tertiary/aromatic N) is 2. The Bertz CT molecular complexity index is 597. The molecule has 0 atom stereocenters. The van der Waals surface area contributed by atoms with E-state index >= 15 is 0 Å². The van der Waals surface area contributed by atoms with Crippen molar-refractivity contribution in [1.29, 1.82) is 0 Å². The molecule has 0 aliphatic rings. The van der Waals surface area contributed by atoms with Gasteiger partial charge in [0.15, 0.2) is 5.82 Å². The Hall–Kier alpha value is -1.81. The first-order chi connectivity index (χ1) is 7.34. The summed E-state index contributed by atoms with van der Waals surface area (Å²) in [6, 6.07) is 5.60. The molecule has 0 spiro atoms. The summed E-state index contributed by atoms with van der Waals surface area (Å²) in [5.41, 5.74) is 1.74. The van der Waals surface area contributed by atoms with Gasteiger partial charge in [-0.1, -0.05) is 11.6 Å². The van der Waals surface area contributed by atoms with Crippen LogP contribution in [-0.4, -0.2) is 20.2 Å². The number of aromatic amines is 2. The smallest absolute Gasteiger partial charge is 0.158 e. The van der Waals surface area contributed by atoms with Crippen LogP contribution in [0, 0.1) is 0 Å². The second-order valence-corrected chi connectivity index (χ2v) is 3.64. The van der Waals surface area contributed by atoms with E-state index in [2.05, 4.69) is 20.2 Å². The number of halogens is 1. The van der Waals surface area contributed by atoms with Gasteiger partial charge in [0.1, 0.15) is 5.69 Å². The Labute approximate surface area is 90.3 Å². The Balaban J connectivity index is 2.32. The van der Waals surface area contributed by atoms with E-state index in [1.807, 2.05) is 18.2 Å². The van der Waals surface area contributed by atoms with Crippen LogP contribution in [0.15, 0.2) is 30.6 Å². The van der Waals surface area contributed by atoms with Crippen molar-refractivity contribution in [3.8, 4) is 11.5 Å². The number of H-pyrrole nitrogens is 2. The van der Waals surface area contributed by atoms with Crippen LogP contribution in [0.5, 0.6) is 0 Å². The molecule has 0 amide bonds. The Morgan fingerprint density at radius 1 is 1.27 bits per heavy atom. The van der Waals surface area contributed by atoms with Crippen molar-refractivity contribution in [3.05, 3.63) is 35.6 Å². The third-order valence-corrected chi connectivity index (χ3v) is 2.48. The van der Waals surface area contributed by atoms with Crippen LogP contribution in [0.3, 0.4) is 0 Å². The third kappa shape index (κ3) is 1.30. The normalized spacial score (nSPS) is 11.0. The van der Waals surface area contributed by atoms with Crippen molar-refractivity contribution in [2.45, 2.75) is 0 Å². The van der Waals surface area contributed by atoms with Crippen molar-refractivity contribution in [1.82, 2.24) is 20.2 Å². The standard InChI is InChI=1S/C10H7ClN4/c11-6-1-2-8-7(5-6)9(15-14-8)10-12-3-4-13-10/h1-5H,(H,12,13)(H,14,15). The quantitative estimate of drug-likeness (QED) is 0.660. The molecule has 0 radical (unpaired) electrons. The highest BCUT2D eigenvalue weighted by molar-refractivity contribution is 6.31. The zero-order chi connectivity index (χ0) is 10.3. The Kier molecular flexibility index (Phi) is 1.76. The number of rotatable bonds is 1. The van der Waals surface area contributed by atoms with Gasteiger partial charge in [0.25, 0.3) is 0 Å². The molecule has 0 aliphatic carbocycles. The van der Waals surface area contributed by atoms with E-state index in [1.165, 1.54) is 0 Å². The fraction of sp³-hybridized carbons (Fsp3) is 0. The average Bonchev–Trinajstić information content (AvgIpc) is 2.83. The molecule has 0 aliphatic heterocycles. The summed E-state index contributed by atoms with van der Waals surface area (Å²) in [5.74, 6) is 0.739. The number of benzene rings is 1. The Morgan fingerprint density at radius 2 is 2.20 bits per heavy atom. The summed E-state index contributed by atoms with van der Waals surface area (Å²) in [6.45, 7) is 0. The minimum Gasteiger partial charge on any atom is -0.343 e. The van der Waals surface area contributed by atoms with Crippen molar-refractivity contribution in [2.75, 3.05) is 0 Å². The third-order valence-electron chi connectivity index (χ3n) is 2.25. The van der Waals surface area contributed by atoms with Gasteiger partial charge in [-0.05, 0) is 18.2 Å². The maximum absolute atomic E-state index is 5.94. The SMILES string of the molecule is Clc1ccc2[nH]nc(-c3ncc[nH]3)c2c1. The van der Waals surface area contributed by atoms with Gasteiger partial charge in [-0.25, -0.2) is 4.98 Å². The largest absolute Gasteiger partial charge is 0.343 e. The van der Waals surface area contributed by atoms with E-state index in [9.17, 15) is 0 Å². The molecule has 5 heteroatoms. The first-order valence-electron chi connectivity index (χ1n) is 4.48. The lowest BCUT2D eigenvalue weighted by molar-refractivity contribution is 1.10. The van der Waals surface area contributed by atoms with Crippen LogP contribution in [-0.2, 0) is 0 Å². The van der Waals surface area contributed by atoms with Crippen LogP contribution >= 0.6 is 11.6 Å². The Morgan fingerprint density at radius 3 is 3.00 bits per heavy atom. The maximum atomic E-state index is 5.94. The molecule has 0 bridgehead atoms. The molecule has 3 rings (SSSR count). The van der Waals surface area contributed by atoms with Crippen LogP contribution in [0.1, 0.15) is 0 Å². The molecular formula is C10H7ClN4. The van der Waals surface area contributed by atoms with E-state index in [-0.39, 0.29) is 0 Å². The van der Waals surface area contributed by atoms with Crippen LogP contribution in [0.4, 0.5) is 0 Å². The van der Waals surface area contributed by atoms with Gasteiger partial charge >= 0.3 is 0 Å². The maximum Gasteiger partial charge on any atom is 0.158 e. The number of fused-ring (bicyclic) bond motifs is 1. The minimum atomic E-state index is 0.691.